The van der Waals surface area contributed by atoms with Crippen molar-refractivity contribution in [2.24, 2.45) is 5.41 Å². The first-order valence-corrected chi connectivity index (χ1v) is 6.23. The molecule has 90 valence electrons. The molecule has 2 rings (SSSR count). The van der Waals surface area contributed by atoms with Gasteiger partial charge in [0.1, 0.15) is 0 Å². The first-order valence-electron chi connectivity index (χ1n) is 6.23. The summed E-state index contributed by atoms with van der Waals surface area (Å²) in [5.41, 5.74) is 0.987. The monoisotopic (exact) mass is 222 g/mol. The normalized spacial score (nSPS) is 29.9. The summed E-state index contributed by atoms with van der Waals surface area (Å²) in [6.45, 7) is 4.60. The molecule has 2 heteroatoms. The maximum absolute atomic E-state index is 10.6. The zero-order chi connectivity index (χ0) is 11.6. The molecule has 1 aliphatic carbocycles. The highest BCUT2D eigenvalue weighted by Crippen LogP contribution is 2.39. The van der Waals surface area contributed by atoms with E-state index in [1.807, 2.05) is 6.07 Å². The van der Waals surface area contributed by atoms with Crippen molar-refractivity contribution in [1.82, 2.24) is 0 Å². The molecular formula is C14H22O2. The SMILES string of the molecule is CC1(C)CCCC(O)(Cc2ccoc2)CC1. The molecule has 1 aliphatic rings. The third-order valence-electron chi connectivity index (χ3n) is 3.88. The molecule has 1 N–H and O–H groups in total. The van der Waals surface area contributed by atoms with Crippen LogP contribution in [0.15, 0.2) is 23.0 Å². The van der Waals surface area contributed by atoms with Gasteiger partial charge in [0, 0.05) is 6.42 Å². The summed E-state index contributed by atoms with van der Waals surface area (Å²) in [4.78, 5) is 0. The van der Waals surface area contributed by atoms with Crippen LogP contribution in [0, 0.1) is 5.41 Å². The van der Waals surface area contributed by atoms with Gasteiger partial charge in [-0.1, -0.05) is 20.3 Å². The molecule has 1 heterocycles. The molecule has 0 spiro atoms. The summed E-state index contributed by atoms with van der Waals surface area (Å²) in [5.74, 6) is 0. The fourth-order valence-electron chi connectivity index (χ4n) is 2.67. The van der Waals surface area contributed by atoms with E-state index in [0.717, 1.165) is 37.7 Å². The Morgan fingerprint density at radius 1 is 1.25 bits per heavy atom. The number of rotatable bonds is 2. The van der Waals surface area contributed by atoms with Crippen LogP contribution in [0.4, 0.5) is 0 Å². The van der Waals surface area contributed by atoms with Gasteiger partial charge in [0.15, 0.2) is 0 Å². The van der Waals surface area contributed by atoms with Gasteiger partial charge in [-0.3, -0.25) is 0 Å². The van der Waals surface area contributed by atoms with Crippen molar-refractivity contribution in [2.75, 3.05) is 0 Å². The van der Waals surface area contributed by atoms with E-state index in [-0.39, 0.29) is 0 Å². The van der Waals surface area contributed by atoms with Gasteiger partial charge in [-0.2, -0.15) is 0 Å². The highest BCUT2D eigenvalue weighted by molar-refractivity contribution is 5.10. The summed E-state index contributed by atoms with van der Waals surface area (Å²) in [5, 5.41) is 10.6. The van der Waals surface area contributed by atoms with Gasteiger partial charge in [0.25, 0.3) is 0 Å². The molecule has 0 amide bonds. The Hall–Kier alpha value is -0.760. The zero-order valence-electron chi connectivity index (χ0n) is 10.3. The quantitative estimate of drug-likeness (QED) is 0.776. The molecule has 1 atom stereocenters. The highest BCUT2D eigenvalue weighted by Gasteiger charge is 2.33. The lowest BCUT2D eigenvalue weighted by molar-refractivity contribution is 0.0225. The summed E-state index contributed by atoms with van der Waals surface area (Å²) in [6, 6.07) is 1.95. The maximum atomic E-state index is 10.6. The van der Waals surface area contributed by atoms with E-state index in [4.69, 9.17) is 4.42 Å². The van der Waals surface area contributed by atoms with Gasteiger partial charge in [-0.05, 0) is 42.7 Å². The van der Waals surface area contributed by atoms with Crippen LogP contribution in [0.3, 0.4) is 0 Å². The molecule has 1 saturated carbocycles. The Morgan fingerprint density at radius 2 is 2.06 bits per heavy atom. The van der Waals surface area contributed by atoms with Crippen molar-refractivity contribution >= 4 is 0 Å². The molecule has 0 aliphatic heterocycles. The Morgan fingerprint density at radius 3 is 2.75 bits per heavy atom. The van der Waals surface area contributed by atoms with Gasteiger partial charge < -0.3 is 9.52 Å². The average molecular weight is 222 g/mol. The fraction of sp³-hybridized carbons (Fsp3) is 0.714. The lowest BCUT2D eigenvalue weighted by Gasteiger charge is -2.27. The Kier molecular flexibility index (Phi) is 3.11. The van der Waals surface area contributed by atoms with Crippen molar-refractivity contribution in [3.8, 4) is 0 Å². The van der Waals surface area contributed by atoms with Crippen LogP contribution in [0.5, 0.6) is 0 Å². The molecule has 2 nitrogen and oxygen atoms in total. The molecule has 0 saturated heterocycles. The minimum atomic E-state index is -0.516. The van der Waals surface area contributed by atoms with Crippen LogP contribution in [-0.2, 0) is 6.42 Å². The summed E-state index contributed by atoms with van der Waals surface area (Å²) < 4.78 is 5.06. The Labute approximate surface area is 97.7 Å². The van der Waals surface area contributed by atoms with E-state index < -0.39 is 5.60 Å². The zero-order valence-corrected chi connectivity index (χ0v) is 10.3. The first kappa shape index (κ1) is 11.7. The topological polar surface area (TPSA) is 33.4 Å². The van der Waals surface area contributed by atoms with E-state index in [0.29, 0.717) is 5.41 Å². The van der Waals surface area contributed by atoms with Crippen LogP contribution < -0.4 is 0 Å². The second kappa shape index (κ2) is 4.25. The molecule has 0 bridgehead atoms. The van der Waals surface area contributed by atoms with E-state index in [9.17, 15) is 5.11 Å². The fourth-order valence-corrected chi connectivity index (χ4v) is 2.67. The third kappa shape index (κ3) is 2.88. The van der Waals surface area contributed by atoms with Gasteiger partial charge in [-0.15, -0.1) is 0 Å². The number of aliphatic hydroxyl groups is 1. The van der Waals surface area contributed by atoms with E-state index >= 15 is 0 Å². The summed E-state index contributed by atoms with van der Waals surface area (Å²) in [7, 11) is 0. The second-order valence-electron chi connectivity index (χ2n) is 6.05. The molecule has 1 aromatic rings. The molecule has 1 unspecified atom stereocenters. The predicted molar refractivity (Wildman–Crippen MR) is 64.2 cm³/mol. The number of furan rings is 1. The highest BCUT2D eigenvalue weighted by atomic mass is 16.3. The van der Waals surface area contributed by atoms with E-state index in [1.54, 1.807) is 12.5 Å². The van der Waals surface area contributed by atoms with Crippen LogP contribution in [0.25, 0.3) is 0 Å². The first-order chi connectivity index (χ1) is 7.49. The standard InChI is InChI=1S/C14H22O2/c1-13(2)5-3-6-14(15,8-7-13)10-12-4-9-16-11-12/h4,9,11,15H,3,5-8,10H2,1-2H3. The summed E-state index contributed by atoms with van der Waals surface area (Å²) in [6.07, 6.45) is 9.45. The van der Waals surface area contributed by atoms with Crippen LogP contribution in [-0.4, -0.2) is 10.7 Å². The molecule has 16 heavy (non-hydrogen) atoms. The van der Waals surface area contributed by atoms with Gasteiger partial charge in [0.2, 0.25) is 0 Å². The maximum Gasteiger partial charge on any atom is 0.0935 e. The average Bonchev–Trinajstić information content (AvgIpc) is 2.63. The smallest absolute Gasteiger partial charge is 0.0935 e. The molecular weight excluding hydrogens is 200 g/mol. The van der Waals surface area contributed by atoms with Gasteiger partial charge in [0.05, 0.1) is 18.1 Å². The van der Waals surface area contributed by atoms with Crippen LogP contribution in [0.2, 0.25) is 0 Å². The van der Waals surface area contributed by atoms with Crippen molar-refractivity contribution in [2.45, 2.75) is 58.0 Å². The van der Waals surface area contributed by atoms with E-state index in [1.165, 1.54) is 6.42 Å². The van der Waals surface area contributed by atoms with E-state index in [2.05, 4.69) is 13.8 Å². The van der Waals surface area contributed by atoms with Crippen LogP contribution in [0.1, 0.15) is 51.5 Å². The molecule has 0 aromatic carbocycles. The van der Waals surface area contributed by atoms with Crippen molar-refractivity contribution < 1.29 is 9.52 Å². The Balaban J connectivity index is 2.02. The van der Waals surface area contributed by atoms with Crippen molar-refractivity contribution in [3.05, 3.63) is 24.2 Å². The van der Waals surface area contributed by atoms with Crippen molar-refractivity contribution in [3.63, 3.8) is 0 Å². The lowest BCUT2D eigenvalue weighted by Crippen LogP contribution is -2.30. The van der Waals surface area contributed by atoms with Gasteiger partial charge in [-0.25, -0.2) is 0 Å². The second-order valence-corrected chi connectivity index (χ2v) is 6.05. The predicted octanol–water partition coefficient (Wildman–Crippen LogP) is 3.54. The van der Waals surface area contributed by atoms with Crippen LogP contribution >= 0.6 is 0 Å². The largest absolute Gasteiger partial charge is 0.472 e. The molecule has 1 aromatic heterocycles. The summed E-state index contributed by atoms with van der Waals surface area (Å²) >= 11 is 0. The third-order valence-corrected chi connectivity index (χ3v) is 3.88. The van der Waals surface area contributed by atoms with Crippen molar-refractivity contribution in [1.29, 1.82) is 0 Å². The number of hydrogen-bond donors (Lipinski definition) is 1. The molecule has 1 fully saturated rings. The number of hydrogen-bond acceptors (Lipinski definition) is 2. The minimum Gasteiger partial charge on any atom is -0.472 e. The Bertz CT molecular complexity index is 327. The minimum absolute atomic E-state index is 0.390. The molecule has 0 radical (unpaired) electrons. The van der Waals surface area contributed by atoms with Gasteiger partial charge >= 0.3 is 0 Å². The lowest BCUT2D eigenvalue weighted by atomic mass is 9.83.